The van der Waals surface area contributed by atoms with Crippen molar-refractivity contribution in [1.29, 1.82) is 0 Å². The third-order valence-corrected chi connectivity index (χ3v) is 1.01. The molecular weight excluding hydrogens is 143 g/mol. The summed E-state index contributed by atoms with van der Waals surface area (Å²) in [6, 6.07) is 0. The van der Waals surface area contributed by atoms with Crippen LogP contribution in [-0.2, 0) is 14.3 Å². The summed E-state index contributed by atoms with van der Waals surface area (Å²) in [6.07, 6.45) is 0. The van der Waals surface area contributed by atoms with Crippen LogP contribution in [0.5, 0.6) is 0 Å². The molecule has 60 valence electrons. The van der Waals surface area contributed by atoms with Gasteiger partial charge in [-0.2, -0.15) is 0 Å². The summed E-state index contributed by atoms with van der Waals surface area (Å²) < 4.78 is 4.45. The number of aliphatic carboxylic acids is 1. The van der Waals surface area contributed by atoms with E-state index in [2.05, 4.69) is 4.74 Å². The SMILES string of the molecule is CCOC(=O)C(C)C(=O)O.[LiH]. The van der Waals surface area contributed by atoms with Crippen molar-refractivity contribution in [2.45, 2.75) is 13.8 Å². The van der Waals surface area contributed by atoms with Gasteiger partial charge in [-0.25, -0.2) is 0 Å². The fourth-order valence-electron chi connectivity index (χ4n) is 0.368. The maximum absolute atomic E-state index is 10.6. The molecule has 0 heterocycles. The summed E-state index contributed by atoms with van der Waals surface area (Å²) in [5.74, 6) is -2.89. The summed E-state index contributed by atoms with van der Waals surface area (Å²) in [4.78, 5) is 20.7. The van der Waals surface area contributed by atoms with Gasteiger partial charge >= 0.3 is 30.8 Å². The molecule has 0 aliphatic heterocycles. The molecule has 5 heteroatoms. The average Bonchev–Trinajstić information content (AvgIpc) is 1.87. The predicted molar refractivity (Wildman–Crippen MR) is 40.6 cm³/mol. The Kier molecular flexibility index (Phi) is 7.48. The van der Waals surface area contributed by atoms with E-state index in [4.69, 9.17) is 5.11 Å². The molecule has 0 bridgehead atoms. The van der Waals surface area contributed by atoms with Crippen molar-refractivity contribution in [2.24, 2.45) is 5.92 Å². The van der Waals surface area contributed by atoms with E-state index in [-0.39, 0.29) is 25.5 Å². The molecular formula is C6H11LiO4. The van der Waals surface area contributed by atoms with Crippen LogP contribution in [0.1, 0.15) is 13.8 Å². The first-order valence-corrected chi connectivity index (χ1v) is 2.99. The molecule has 4 nitrogen and oxygen atoms in total. The number of ether oxygens (including phenoxy) is 1. The number of rotatable bonds is 3. The van der Waals surface area contributed by atoms with Crippen molar-refractivity contribution in [1.82, 2.24) is 0 Å². The van der Waals surface area contributed by atoms with Gasteiger partial charge in [0.15, 0.2) is 5.92 Å². The van der Waals surface area contributed by atoms with E-state index >= 15 is 0 Å². The molecule has 0 rings (SSSR count). The third kappa shape index (κ3) is 4.88. The van der Waals surface area contributed by atoms with Crippen LogP contribution in [0, 0.1) is 5.92 Å². The van der Waals surface area contributed by atoms with Gasteiger partial charge in [0.25, 0.3) is 0 Å². The van der Waals surface area contributed by atoms with E-state index in [1.165, 1.54) is 6.92 Å². The zero-order valence-electron chi connectivity index (χ0n) is 5.96. The molecule has 0 fully saturated rings. The van der Waals surface area contributed by atoms with Crippen LogP contribution in [-0.4, -0.2) is 42.5 Å². The van der Waals surface area contributed by atoms with E-state index in [0.29, 0.717) is 0 Å². The van der Waals surface area contributed by atoms with Gasteiger partial charge in [-0.15, -0.1) is 0 Å². The molecule has 0 saturated carbocycles. The van der Waals surface area contributed by atoms with Crippen LogP contribution in [0.25, 0.3) is 0 Å². The second-order valence-electron chi connectivity index (χ2n) is 1.81. The molecule has 0 aromatic heterocycles. The Morgan fingerprint density at radius 3 is 2.27 bits per heavy atom. The summed E-state index contributed by atoms with van der Waals surface area (Å²) in [7, 11) is 0. The number of hydrogen-bond acceptors (Lipinski definition) is 3. The zero-order valence-corrected chi connectivity index (χ0v) is 5.96. The van der Waals surface area contributed by atoms with Crippen LogP contribution in [0.4, 0.5) is 0 Å². The van der Waals surface area contributed by atoms with E-state index < -0.39 is 17.9 Å². The molecule has 1 unspecified atom stereocenters. The number of carbonyl (C=O) groups excluding carboxylic acids is 1. The second kappa shape index (κ2) is 6.26. The van der Waals surface area contributed by atoms with Crippen molar-refractivity contribution < 1.29 is 19.4 Å². The zero-order chi connectivity index (χ0) is 8.15. The van der Waals surface area contributed by atoms with Crippen LogP contribution >= 0.6 is 0 Å². The van der Waals surface area contributed by atoms with E-state index in [0.717, 1.165) is 0 Å². The van der Waals surface area contributed by atoms with Crippen LogP contribution < -0.4 is 0 Å². The molecule has 0 aliphatic carbocycles. The Bertz CT molecular complexity index is 146. The molecule has 1 N–H and O–H groups in total. The molecule has 0 amide bonds. The average molecular weight is 154 g/mol. The van der Waals surface area contributed by atoms with Crippen molar-refractivity contribution in [2.75, 3.05) is 6.61 Å². The van der Waals surface area contributed by atoms with Gasteiger partial charge in [-0.1, -0.05) is 0 Å². The summed E-state index contributed by atoms with van der Waals surface area (Å²) >= 11 is 0. The van der Waals surface area contributed by atoms with Crippen LogP contribution in [0.3, 0.4) is 0 Å². The molecule has 0 aromatic carbocycles. The first-order valence-electron chi connectivity index (χ1n) is 2.99. The minimum atomic E-state index is -1.15. The molecule has 11 heavy (non-hydrogen) atoms. The van der Waals surface area contributed by atoms with Gasteiger partial charge in [0.1, 0.15) is 0 Å². The minimum absolute atomic E-state index is 0. The Morgan fingerprint density at radius 1 is 1.55 bits per heavy atom. The Labute approximate surface area is 77.1 Å². The van der Waals surface area contributed by atoms with Crippen LogP contribution in [0.15, 0.2) is 0 Å². The monoisotopic (exact) mass is 154 g/mol. The topological polar surface area (TPSA) is 63.6 Å². The van der Waals surface area contributed by atoms with Crippen molar-refractivity contribution >= 4 is 30.8 Å². The summed E-state index contributed by atoms with van der Waals surface area (Å²) in [5, 5.41) is 8.28. The number of carboxylic acid groups (broad SMARTS) is 1. The van der Waals surface area contributed by atoms with Crippen molar-refractivity contribution in [3.05, 3.63) is 0 Å². The number of carbonyl (C=O) groups is 2. The van der Waals surface area contributed by atoms with Gasteiger partial charge in [-0.3, -0.25) is 9.59 Å². The maximum atomic E-state index is 10.6. The molecule has 1 atom stereocenters. The van der Waals surface area contributed by atoms with E-state index in [1.54, 1.807) is 6.92 Å². The third-order valence-electron chi connectivity index (χ3n) is 1.01. The Morgan fingerprint density at radius 2 is 2.00 bits per heavy atom. The quantitative estimate of drug-likeness (QED) is 0.342. The standard InChI is InChI=1S/C6H10O4.Li.H/c1-3-10-6(9)4(2)5(7)8;;/h4H,3H2,1-2H3,(H,7,8);;. The predicted octanol–water partition coefficient (Wildman–Crippen LogP) is -0.378. The second-order valence-corrected chi connectivity index (χ2v) is 1.81. The molecule has 0 spiro atoms. The summed E-state index contributed by atoms with van der Waals surface area (Å²) in [6.45, 7) is 3.14. The van der Waals surface area contributed by atoms with Gasteiger partial charge in [0, 0.05) is 0 Å². The van der Waals surface area contributed by atoms with Gasteiger partial charge in [0.2, 0.25) is 0 Å². The van der Waals surface area contributed by atoms with Gasteiger partial charge < -0.3 is 9.84 Å². The molecule has 0 saturated heterocycles. The Balaban J connectivity index is 0. The molecule has 0 radical (unpaired) electrons. The van der Waals surface area contributed by atoms with Gasteiger partial charge in [0.05, 0.1) is 6.61 Å². The molecule has 0 aromatic rings. The van der Waals surface area contributed by atoms with Gasteiger partial charge in [-0.05, 0) is 13.8 Å². The van der Waals surface area contributed by atoms with Crippen LogP contribution in [0.2, 0.25) is 0 Å². The normalized spacial score (nSPS) is 11.1. The first-order chi connectivity index (χ1) is 4.59. The van der Waals surface area contributed by atoms with Crippen molar-refractivity contribution in [3.8, 4) is 0 Å². The number of esters is 1. The number of hydrogen-bond donors (Lipinski definition) is 1. The van der Waals surface area contributed by atoms with Crippen molar-refractivity contribution in [3.63, 3.8) is 0 Å². The summed E-state index contributed by atoms with van der Waals surface area (Å²) in [5.41, 5.74) is 0. The fourth-order valence-corrected chi connectivity index (χ4v) is 0.368. The number of carboxylic acids is 1. The fraction of sp³-hybridized carbons (Fsp3) is 0.667. The van der Waals surface area contributed by atoms with E-state index in [1.807, 2.05) is 0 Å². The first kappa shape index (κ1) is 13.2. The van der Waals surface area contributed by atoms with E-state index in [9.17, 15) is 9.59 Å². The Hall–Kier alpha value is -0.463. The molecule has 0 aliphatic rings.